The highest BCUT2D eigenvalue weighted by molar-refractivity contribution is 5.77. The van der Waals surface area contributed by atoms with Crippen LogP contribution in [0.5, 0.6) is 11.5 Å². The van der Waals surface area contributed by atoms with Crippen LogP contribution >= 0.6 is 0 Å². The van der Waals surface area contributed by atoms with Gasteiger partial charge < -0.3 is 25.8 Å². The molecule has 7 heteroatoms. The van der Waals surface area contributed by atoms with Gasteiger partial charge in [0.1, 0.15) is 11.5 Å². The first-order chi connectivity index (χ1) is 16.1. The molecule has 1 aliphatic rings. The third kappa shape index (κ3) is 5.78. The Morgan fingerprint density at radius 3 is 1.37 bits per heavy atom. The Morgan fingerprint density at radius 1 is 0.743 bits per heavy atom. The van der Waals surface area contributed by atoms with Crippen LogP contribution in [0.15, 0.2) is 48.5 Å². The number of aliphatic carboxylic acids is 2. The van der Waals surface area contributed by atoms with Crippen molar-refractivity contribution in [1.29, 1.82) is 0 Å². The maximum absolute atomic E-state index is 11.6. The van der Waals surface area contributed by atoms with Gasteiger partial charge in [-0.25, -0.2) is 9.59 Å². The molecule has 1 saturated carbocycles. The van der Waals surface area contributed by atoms with Crippen molar-refractivity contribution in [3.63, 3.8) is 0 Å². The van der Waals surface area contributed by atoms with Crippen molar-refractivity contribution in [2.45, 2.75) is 89.3 Å². The second-order valence-electron chi connectivity index (χ2n) is 9.67. The third-order valence-electron chi connectivity index (χ3n) is 7.46. The minimum Gasteiger partial charge on any atom is -0.478 e. The van der Waals surface area contributed by atoms with Crippen molar-refractivity contribution < 1.29 is 29.3 Å². The molecule has 2 aromatic rings. The normalized spacial score (nSPS) is 18.3. The molecular formula is C28H39NO6. The predicted molar refractivity (Wildman–Crippen MR) is 136 cm³/mol. The van der Waals surface area contributed by atoms with E-state index in [1.54, 1.807) is 27.7 Å². The maximum atomic E-state index is 11.6. The second-order valence-corrected chi connectivity index (χ2v) is 9.67. The Balaban J connectivity index is 0.00000432. The molecule has 0 amide bonds. The molecule has 1 fully saturated rings. The molecular weight excluding hydrogens is 446 g/mol. The smallest absolute Gasteiger partial charge is 0.347 e. The van der Waals surface area contributed by atoms with Gasteiger partial charge in [-0.2, -0.15) is 0 Å². The fourth-order valence-corrected chi connectivity index (χ4v) is 4.64. The molecule has 192 valence electrons. The number of carboxylic acids is 2. The quantitative estimate of drug-likeness (QED) is 0.357. The SMILES string of the molecule is CCC(C)(Oc1ccc(C2(c3ccc(OC(C)(CC)C(=O)O)cc3)CCCCC2)cc1)C(=O)O.N. The molecule has 5 N–H and O–H groups in total. The van der Waals surface area contributed by atoms with Gasteiger partial charge in [0.25, 0.3) is 0 Å². The highest BCUT2D eigenvalue weighted by Crippen LogP contribution is 2.45. The number of carbonyl (C=O) groups is 2. The number of hydrogen-bond acceptors (Lipinski definition) is 5. The van der Waals surface area contributed by atoms with E-state index in [1.807, 2.05) is 48.5 Å². The summed E-state index contributed by atoms with van der Waals surface area (Å²) in [6.45, 7) is 6.77. The van der Waals surface area contributed by atoms with Gasteiger partial charge >= 0.3 is 11.9 Å². The number of hydrogen-bond donors (Lipinski definition) is 3. The monoisotopic (exact) mass is 485 g/mol. The molecule has 0 radical (unpaired) electrons. The van der Waals surface area contributed by atoms with E-state index in [4.69, 9.17) is 9.47 Å². The first-order valence-corrected chi connectivity index (χ1v) is 12.1. The number of benzene rings is 2. The van der Waals surface area contributed by atoms with Crippen molar-refractivity contribution in [2.24, 2.45) is 0 Å². The summed E-state index contributed by atoms with van der Waals surface area (Å²) in [5.74, 6) is -0.880. The van der Waals surface area contributed by atoms with Gasteiger partial charge in [0, 0.05) is 5.41 Å². The zero-order valence-corrected chi connectivity index (χ0v) is 21.3. The number of rotatable bonds is 10. The fraction of sp³-hybridized carbons (Fsp3) is 0.500. The van der Waals surface area contributed by atoms with Crippen LogP contribution in [-0.2, 0) is 15.0 Å². The van der Waals surface area contributed by atoms with Crippen LogP contribution < -0.4 is 15.6 Å². The van der Waals surface area contributed by atoms with Crippen molar-refractivity contribution in [2.75, 3.05) is 0 Å². The average Bonchev–Trinajstić information content (AvgIpc) is 2.85. The van der Waals surface area contributed by atoms with E-state index in [1.165, 1.54) is 17.5 Å². The Morgan fingerprint density at radius 2 is 1.09 bits per heavy atom. The Hall–Kier alpha value is -3.06. The highest BCUT2D eigenvalue weighted by Gasteiger charge is 2.37. The molecule has 0 bridgehead atoms. The Labute approximate surface area is 208 Å². The third-order valence-corrected chi connectivity index (χ3v) is 7.46. The highest BCUT2D eigenvalue weighted by atomic mass is 16.5. The summed E-state index contributed by atoms with van der Waals surface area (Å²) in [6, 6.07) is 15.6. The molecule has 1 aliphatic carbocycles. The standard InChI is InChI=1S/C28H36O6.H3N/c1-5-26(3,24(29)30)33-22-14-10-20(11-15-22)28(18-8-7-9-19-28)21-12-16-23(17-13-21)34-27(4,6-2)25(31)32;/h10-17H,5-9,18-19H2,1-4H3,(H,29,30)(H,31,32);1H3. The zero-order valence-electron chi connectivity index (χ0n) is 21.3. The van der Waals surface area contributed by atoms with Gasteiger partial charge in [-0.3, -0.25) is 0 Å². The largest absolute Gasteiger partial charge is 0.478 e. The second kappa shape index (κ2) is 11.1. The molecule has 0 heterocycles. The van der Waals surface area contributed by atoms with E-state index >= 15 is 0 Å². The molecule has 35 heavy (non-hydrogen) atoms. The molecule has 0 aliphatic heterocycles. The first-order valence-electron chi connectivity index (χ1n) is 12.1. The van der Waals surface area contributed by atoms with Gasteiger partial charge in [0.2, 0.25) is 11.2 Å². The minimum absolute atomic E-state index is 0. The predicted octanol–water partition coefficient (Wildman–Crippen LogP) is 6.36. The van der Waals surface area contributed by atoms with E-state index in [2.05, 4.69) is 0 Å². The molecule has 7 nitrogen and oxygen atoms in total. The van der Waals surface area contributed by atoms with E-state index in [0.717, 1.165) is 25.7 Å². The summed E-state index contributed by atoms with van der Waals surface area (Å²) in [6.07, 6.45) is 6.19. The molecule has 0 spiro atoms. The maximum Gasteiger partial charge on any atom is 0.347 e. The molecule has 0 saturated heterocycles. The van der Waals surface area contributed by atoms with Crippen LogP contribution in [0.3, 0.4) is 0 Å². The van der Waals surface area contributed by atoms with Crippen LogP contribution in [-0.4, -0.2) is 33.4 Å². The Kier molecular flexibility index (Phi) is 8.95. The lowest BCUT2D eigenvalue weighted by Gasteiger charge is -2.39. The topological polar surface area (TPSA) is 128 Å². The minimum atomic E-state index is -1.26. The van der Waals surface area contributed by atoms with E-state index < -0.39 is 23.1 Å². The summed E-state index contributed by atoms with van der Waals surface area (Å²) < 4.78 is 11.6. The first kappa shape index (κ1) is 28.2. The van der Waals surface area contributed by atoms with Gasteiger partial charge in [0.15, 0.2) is 0 Å². The molecule has 0 aromatic heterocycles. The van der Waals surface area contributed by atoms with Crippen LogP contribution in [0.25, 0.3) is 0 Å². The summed E-state index contributed by atoms with van der Waals surface area (Å²) in [7, 11) is 0. The van der Waals surface area contributed by atoms with E-state index in [0.29, 0.717) is 24.3 Å². The van der Waals surface area contributed by atoms with Crippen LogP contribution in [0, 0.1) is 0 Å². The number of carboxylic acid groups (broad SMARTS) is 2. The van der Waals surface area contributed by atoms with Crippen molar-refractivity contribution >= 4 is 11.9 Å². The van der Waals surface area contributed by atoms with Crippen molar-refractivity contribution in [3.8, 4) is 11.5 Å². The molecule has 2 atom stereocenters. The molecule has 2 aromatic carbocycles. The molecule has 2 unspecified atom stereocenters. The van der Waals surface area contributed by atoms with Crippen LogP contribution in [0.1, 0.15) is 83.8 Å². The van der Waals surface area contributed by atoms with Crippen molar-refractivity contribution in [1.82, 2.24) is 6.15 Å². The van der Waals surface area contributed by atoms with E-state index in [-0.39, 0.29) is 11.6 Å². The van der Waals surface area contributed by atoms with Gasteiger partial charge in [-0.15, -0.1) is 0 Å². The summed E-state index contributed by atoms with van der Waals surface area (Å²) >= 11 is 0. The Bertz CT molecular complexity index is 922. The summed E-state index contributed by atoms with van der Waals surface area (Å²) in [4.78, 5) is 23.2. The van der Waals surface area contributed by atoms with Crippen LogP contribution in [0.4, 0.5) is 0 Å². The van der Waals surface area contributed by atoms with Gasteiger partial charge in [0.05, 0.1) is 0 Å². The molecule has 3 rings (SSSR count). The summed E-state index contributed by atoms with van der Waals surface area (Å²) in [5, 5.41) is 19.0. The average molecular weight is 486 g/mol. The lowest BCUT2D eigenvalue weighted by atomic mass is 9.65. The zero-order chi connectivity index (χ0) is 25.0. The lowest BCUT2D eigenvalue weighted by molar-refractivity contribution is -0.154. The van der Waals surface area contributed by atoms with Crippen LogP contribution in [0.2, 0.25) is 0 Å². The van der Waals surface area contributed by atoms with Gasteiger partial charge in [-0.1, -0.05) is 57.4 Å². The lowest BCUT2D eigenvalue weighted by Crippen LogP contribution is -2.40. The van der Waals surface area contributed by atoms with Gasteiger partial charge in [-0.05, 0) is 74.9 Å². The van der Waals surface area contributed by atoms with Crippen molar-refractivity contribution in [3.05, 3.63) is 59.7 Å². The number of ether oxygens (including phenoxy) is 2. The summed E-state index contributed by atoms with van der Waals surface area (Å²) in [5.41, 5.74) is -0.334. The fourth-order valence-electron chi connectivity index (χ4n) is 4.64. The van der Waals surface area contributed by atoms with E-state index in [9.17, 15) is 19.8 Å².